The van der Waals surface area contributed by atoms with Gasteiger partial charge in [0.15, 0.2) is 0 Å². The van der Waals surface area contributed by atoms with Gasteiger partial charge >= 0.3 is 0 Å². The van der Waals surface area contributed by atoms with Gasteiger partial charge in [-0.15, -0.1) is 0 Å². The number of benzene rings is 8. The first-order valence-electron chi connectivity index (χ1n) is 19.0. The Bertz CT molecular complexity index is 3190. The highest BCUT2D eigenvalue weighted by atomic mass is 16.3. The molecule has 0 aliphatic rings. The van der Waals surface area contributed by atoms with E-state index in [0.29, 0.717) is 27.9 Å². The van der Waals surface area contributed by atoms with Gasteiger partial charge in [-0.3, -0.25) is 0 Å². The molecular weight excluding hydrogens is 560 g/mol. The number of fused-ring (bicyclic) bond motifs is 8. The van der Waals surface area contributed by atoms with Gasteiger partial charge in [-0.2, -0.15) is 0 Å². The van der Waals surface area contributed by atoms with Crippen LogP contribution in [0.3, 0.4) is 0 Å². The van der Waals surface area contributed by atoms with Crippen molar-refractivity contribution in [2.75, 3.05) is 0 Å². The fraction of sp³-hybridized carbons (Fsp3) is 0. The Morgan fingerprint density at radius 1 is 0.370 bits per heavy atom. The molecule has 8 aromatic carbocycles. The van der Waals surface area contributed by atoms with Crippen LogP contribution in [0.5, 0.6) is 0 Å². The molecule has 2 heterocycles. The molecule has 2 aromatic heterocycles. The van der Waals surface area contributed by atoms with Crippen LogP contribution in [0.4, 0.5) is 0 Å². The SMILES string of the molecule is [2H]c1c([2H])c([2H])c2c(-c3cccc4c3oc3ccccc34)c3c([2H])c([2H])c([2H])c([2H])c3c(-c3cccc(-c4cccc5c4oc4ccccc45)c3)c2c1[2H]. The summed E-state index contributed by atoms with van der Waals surface area (Å²) < 4.78 is 85.6. The van der Waals surface area contributed by atoms with Crippen molar-refractivity contribution in [2.24, 2.45) is 0 Å². The average molecular weight is 595 g/mol. The Morgan fingerprint density at radius 3 is 1.43 bits per heavy atom. The summed E-state index contributed by atoms with van der Waals surface area (Å²) >= 11 is 0. The Morgan fingerprint density at radius 2 is 0.826 bits per heavy atom. The zero-order chi connectivity index (χ0) is 37.2. The summed E-state index contributed by atoms with van der Waals surface area (Å²) in [6.45, 7) is 0. The molecule has 0 radical (unpaired) electrons. The predicted octanol–water partition coefficient (Wildman–Crippen LogP) is 12.8. The molecule has 0 atom stereocenters. The third kappa shape index (κ3) is 3.59. The van der Waals surface area contributed by atoms with Crippen molar-refractivity contribution in [1.82, 2.24) is 0 Å². The Labute approximate surface area is 276 Å². The molecule has 0 saturated carbocycles. The summed E-state index contributed by atoms with van der Waals surface area (Å²) in [6, 6.07) is 31.1. The second kappa shape index (κ2) is 9.69. The van der Waals surface area contributed by atoms with Crippen molar-refractivity contribution in [3.63, 3.8) is 0 Å². The van der Waals surface area contributed by atoms with E-state index >= 15 is 0 Å². The molecule has 0 spiro atoms. The molecule has 0 N–H and O–H groups in total. The highest BCUT2D eigenvalue weighted by Crippen LogP contribution is 2.47. The smallest absolute Gasteiger partial charge is 0.143 e. The van der Waals surface area contributed by atoms with Gasteiger partial charge in [0.2, 0.25) is 0 Å². The first-order chi connectivity index (χ1) is 26.2. The maximum atomic E-state index is 9.39. The normalized spacial score (nSPS) is 14.3. The van der Waals surface area contributed by atoms with Crippen LogP contribution in [-0.4, -0.2) is 0 Å². The quantitative estimate of drug-likeness (QED) is 0.190. The van der Waals surface area contributed by atoms with Crippen molar-refractivity contribution >= 4 is 65.4 Å². The van der Waals surface area contributed by atoms with Gasteiger partial charge in [0.05, 0.1) is 11.0 Å². The lowest BCUT2D eigenvalue weighted by Crippen LogP contribution is -1.91. The van der Waals surface area contributed by atoms with Gasteiger partial charge in [0, 0.05) is 38.2 Å². The van der Waals surface area contributed by atoms with E-state index < -0.39 is 24.2 Å². The van der Waals surface area contributed by atoms with E-state index in [0.717, 1.165) is 38.3 Å². The predicted molar refractivity (Wildman–Crippen MR) is 192 cm³/mol. The van der Waals surface area contributed by atoms with Gasteiger partial charge in [0.1, 0.15) is 22.3 Å². The second-order valence-electron chi connectivity index (χ2n) is 11.4. The number of furan rings is 2. The minimum Gasteiger partial charge on any atom is -0.455 e. The zero-order valence-corrected chi connectivity index (χ0v) is 24.2. The van der Waals surface area contributed by atoms with E-state index in [4.69, 9.17) is 14.3 Å². The van der Waals surface area contributed by atoms with Gasteiger partial charge in [-0.1, -0.05) is 139 Å². The molecule has 214 valence electrons. The lowest BCUT2D eigenvalue weighted by atomic mass is 9.85. The van der Waals surface area contributed by atoms with Crippen LogP contribution < -0.4 is 0 Å². The summed E-state index contributed by atoms with van der Waals surface area (Å²) in [6.07, 6.45) is 0. The number of para-hydroxylation sites is 4. The van der Waals surface area contributed by atoms with Crippen molar-refractivity contribution in [3.8, 4) is 33.4 Å². The molecule has 0 bridgehead atoms. The minimum absolute atomic E-state index is 0.131. The number of hydrogen-bond acceptors (Lipinski definition) is 2. The lowest BCUT2D eigenvalue weighted by molar-refractivity contribution is 0.669. The maximum Gasteiger partial charge on any atom is 0.143 e. The van der Waals surface area contributed by atoms with Gasteiger partial charge < -0.3 is 8.83 Å². The standard InChI is InChI=1S/C44H26O2/c1-3-18-34-32(16-1)41(28-13-9-12-27(26-28)29-20-10-21-36-30-14-5-7-24-39(30)45-43(29)36)33-17-2-4-19-35(33)42(34)38-23-11-22-37-31-15-6-8-25-40(31)46-44(37)38/h1-26H/i1D,2D,3D,4D,16D,17D,18D,19D. The van der Waals surface area contributed by atoms with Gasteiger partial charge in [-0.25, -0.2) is 0 Å². The van der Waals surface area contributed by atoms with Crippen molar-refractivity contribution in [1.29, 1.82) is 0 Å². The van der Waals surface area contributed by atoms with Crippen LogP contribution in [0.25, 0.3) is 98.8 Å². The van der Waals surface area contributed by atoms with Crippen molar-refractivity contribution < 1.29 is 19.8 Å². The molecule has 0 aliphatic carbocycles. The van der Waals surface area contributed by atoms with E-state index in [2.05, 4.69) is 0 Å². The molecule has 0 amide bonds. The Balaban J connectivity index is 1.39. The number of rotatable bonds is 3. The van der Waals surface area contributed by atoms with Crippen LogP contribution >= 0.6 is 0 Å². The summed E-state index contributed by atoms with van der Waals surface area (Å²) in [7, 11) is 0. The first kappa shape index (κ1) is 18.6. The van der Waals surface area contributed by atoms with Crippen LogP contribution in [0.2, 0.25) is 0 Å². The van der Waals surface area contributed by atoms with E-state index in [1.54, 1.807) is 12.1 Å². The minimum atomic E-state index is -0.456. The van der Waals surface area contributed by atoms with Crippen LogP contribution in [-0.2, 0) is 0 Å². The highest BCUT2D eigenvalue weighted by Gasteiger charge is 2.20. The number of hydrogen-bond donors (Lipinski definition) is 0. The van der Waals surface area contributed by atoms with Gasteiger partial charge in [0.25, 0.3) is 0 Å². The molecular formula is C44H26O2. The Kier molecular flexibility index (Phi) is 3.92. The maximum absolute atomic E-state index is 9.39. The molecule has 0 fully saturated rings. The zero-order valence-electron chi connectivity index (χ0n) is 32.2. The largest absolute Gasteiger partial charge is 0.455 e. The molecule has 2 heteroatoms. The average Bonchev–Trinajstić information content (AvgIpc) is 3.78. The third-order valence-electron chi connectivity index (χ3n) is 8.92. The van der Waals surface area contributed by atoms with Crippen molar-refractivity contribution in [2.45, 2.75) is 0 Å². The van der Waals surface area contributed by atoms with Crippen molar-refractivity contribution in [3.05, 3.63) is 158 Å². The van der Waals surface area contributed by atoms with E-state index in [9.17, 15) is 5.48 Å². The fourth-order valence-electron chi connectivity index (χ4n) is 6.94. The van der Waals surface area contributed by atoms with Crippen LogP contribution in [0, 0.1) is 0 Å². The Hall–Kier alpha value is -6.12. The topological polar surface area (TPSA) is 26.3 Å². The monoisotopic (exact) mass is 594 g/mol. The molecule has 10 rings (SSSR count). The summed E-state index contributed by atoms with van der Waals surface area (Å²) in [5.41, 5.74) is 5.53. The fourth-order valence-corrected chi connectivity index (χ4v) is 6.94. The third-order valence-corrected chi connectivity index (χ3v) is 8.92. The molecule has 0 unspecified atom stereocenters. The summed E-state index contributed by atoms with van der Waals surface area (Å²) in [5, 5.41) is 4.07. The first-order valence-corrected chi connectivity index (χ1v) is 15.0. The molecule has 2 nitrogen and oxygen atoms in total. The van der Waals surface area contributed by atoms with E-state index in [1.807, 2.05) is 97.1 Å². The molecule has 10 aromatic rings. The van der Waals surface area contributed by atoms with Crippen LogP contribution in [0.1, 0.15) is 11.0 Å². The summed E-state index contributed by atoms with van der Waals surface area (Å²) in [4.78, 5) is 0. The van der Waals surface area contributed by atoms with Crippen LogP contribution in [0.15, 0.2) is 166 Å². The van der Waals surface area contributed by atoms with E-state index in [1.165, 1.54) is 0 Å². The molecule has 0 saturated heterocycles. The molecule has 46 heavy (non-hydrogen) atoms. The van der Waals surface area contributed by atoms with E-state index in [-0.39, 0.29) is 56.8 Å². The summed E-state index contributed by atoms with van der Waals surface area (Å²) in [5.74, 6) is 0. The highest BCUT2D eigenvalue weighted by molar-refractivity contribution is 6.24. The lowest BCUT2D eigenvalue weighted by Gasteiger charge is -2.18. The molecule has 0 aliphatic heterocycles. The second-order valence-corrected chi connectivity index (χ2v) is 11.4. The van der Waals surface area contributed by atoms with Gasteiger partial charge in [-0.05, 0) is 56.4 Å².